The van der Waals surface area contributed by atoms with E-state index in [-0.39, 0.29) is 5.69 Å². The van der Waals surface area contributed by atoms with Crippen LogP contribution in [-0.2, 0) is 0 Å². The molecule has 92 valence electrons. The fourth-order valence-electron chi connectivity index (χ4n) is 1.47. The molecule has 0 saturated heterocycles. The minimum Gasteiger partial charge on any atom is -0.496 e. The average Bonchev–Trinajstić information content (AvgIpc) is 2.39. The molecular formula is C12H9ClN2O3. The lowest BCUT2D eigenvalue weighted by molar-refractivity contribution is 0.0689. The number of halogens is 1. The minimum atomic E-state index is -1.12. The second-order valence-corrected chi connectivity index (χ2v) is 3.89. The smallest absolute Gasteiger partial charge is 0.356 e. The second-order valence-electron chi connectivity index (χ2n) is 3.45. The van der Waals surface area contributed by atoms with Crippen molar-refractivity contribution in [3.63, 3.8) is 0 Å². The van der Waals surface area contributed by atoms with Crippen molar-refractivity contribution in [1.82, 2.24) is 10.2 Å². The van der Waals surface area contributed by atoms with Gasteiger partial charge in [-0.25, -0.2) is 4.79 Å². The Hall–Kier alpha value is -2.14. The van der Waals surface area contributed by atoms with Crippen LogP contribution < -0.4 is 4.74 Å². The van der Waals surface area contributed by atoms with Gasteiger partial charge in [-0.15, -0.1) is 10.2 Å². The predicted molar refractivity (Wildman–Crippen MR) is 66.0 cm³/mol. The standard InChI is InChI=1S/C12H9ClN2O3/c1-18-11-5-2-7(13)6-8(11)9-3-4-10(12(16)17)15-14-9/h2-6H,1H3,(H,16,17). The van der Waals surface area contributed by atoms with Crippen molar-refractivity contribution in [2.24, 2.45) is 0 Å². The Morgan fingerprint density at radius 1 is 1.28 bits per heavy atom. The zero-order chi connectivity index (χ0) is 13.1. The van der Waals surface area contributed by atoms with Gasteiger partial charge >= 0.3 is 5.97 Å². The van der Waals surface area contributed by atoms with Gasteiger partial charge in [-0.1, -0.05) is 11.6 Å². The van der Waals surface area contributed by atoms with Gasteiger partial charge in [-0.3, -0.25) is 0 Å². The molecule has 0 aliphatic rings. The van der Waals surface area contributed by atoms with E-state index >= 15 is 0 Å². The number of rotatable bonds is 3. The van der Waals surface area contributed by atoms with Gasteiger partial charge in [0, 0.05) is 10.6 Å². The summed E-state index contributed by atoms with van der Waals surface area (Å²) in [5.41, 5.74) is 1.05. The van der Waals surface area contributed by atoms with Crippen LogP contribution in [0.1, 0.15) is 10.5 Å². The summed E-state index contributed by atoms with van der Waals surface area (Å²) < 4.78 is 5.19. The summed E-state index contributed by atoms with van der Waals surface area (Å²) in [5.74, 6) is -0.524. The van der Waals surface area contributed by atoms with Crippen LogP contribution >= 0.6 is 11.6 Å². The first-order chi connectivity index (χ1) is 8.61. The zero-order valence-corrected chi connectivity index (χ0v) is 10.2. The van der Waals surface area contributed by atoms with Gasteiger partial charge in [0.05, 0.1) is 12.8 Å². The lowest BCUT2D eigenvalue weighted by atomic mass is 10.1. The molecule has 0 saturated carbocycles. The van der Waals surface area contributed by atoms with Gasteiger partial charge in [0.25, 0.3) is 0 Å². The largest absolute Gasteiger partial charge is 0.496 e. The molecule has 0 fully saturated rings. The van der Waals surface area contributed by atoms with E-state index in [0.29, 0.717) is 22.0 Å². The van der Waals surface area contributed by atoms with Crippen molar-refractivity contribution in [2.75, 3.05) is 7.11 Å². The maximum absolute atomic E-state index is 10.7. The fourth-order valence-corrected chi connectivity index (χ4v) is 1.64. The molecule has 1 heterocycles. The van der Waals surface area contributed by atoms with Gasteiger partial charge in [-0.2, -0.15) is 0 Å². The summed E-state index contributed by atoms with van der Waals surface area (Å²) in [7, 11) is 1.53. The highest BCUT2D eigenvalue weighted by Crippen LogP contribution is 2.30. The molecule has 0 bridgehead atoms. The molecule has 0 aliphatic heterocycles. The summed E-state index contributed by atoms with van der Waals surface area (Å²) >= 11 is 5.91. The number of carbonyl (C=O) groups is 1. The number of methoxy groups -OCH3 is 1. The summed E-state index contributed by atoms with van der Waals surface area (Å²) in [6.07, 6.45) is 0. The molecule has 0 spiro atoms. The Morgan fingerprint density at radius 2 is 2.06 bits per heavy atom. The second kappa shape index (κ2) is 5.01. The van der Waals surface area contributed by atoms with Crippen LogP contribution in [0.2, 0.25) is 5.02 Å². The quantitative estimate of drug-likeness (QED) is 0.922. The molecule has 6 heteroatoms. The van der Waals surface area contributed by atoms with Gasteiger partial charge in [0.15, 0.2) is 5.69 Å². The molecule has 1 aromatic heterocycles. The van der Waals surface area contributed by atoms with Crippen LogP contribution in [0.4, 0.5) is 0 Å². The number of carboxylic acids is 1. The highest BCUT2D eigenvalue weighted by atomic mass is 35.5. The molecule has 0 radical (unpaired) electrons. The average molecular weight is 265 g/mol. The van der Waals surface area contributed by atoms with Crippen molar-refractivity contribution >= 4 is 17.6 Å². The Kier molecular flexibility index (Phi) is 3.43. The normalized spacial score (nSPS) is 10.1. The van der Waals surface area contributed by atoms with Gasteiger partial charge in [0.1, 0.15) is 5.75 Å². The number of nitrogens with zero attached hydrogens (tertiary/aromatic N) is 2. The third kappa shape index (κ3) is 2.41. The third-order valence-electron chi connectivity index (χ3n) is 2.32. The van der Waals surface area contributed by atoms with Crippen molar-refractivity contribution in [1.29, 1.82) is 0 Å². The minimum absolute atomic E-state index is 0.111. The lowest BCUT2D eigenvalue weighted by Crippen LogP contribution is -2.02. The number of carboxylic acid groups (broad SMARTS) is 1. The lowest BCUT2D eigenvalue weighted by Gasteiger charge is -2.07. The molecule has 0 unspecified atom stereocenters. The number of hydrogen-bond donors (Lipinski definition) is 1. The van der Waals surface area contributed by atoms with Crippen LogP contribution in [0.15, 0.2) is 30.3 Å². The van der Waals surface area contributed by atoms with E-state index in [1.807, 2.05) is 0 Å². The highest BCUT2D eigenvalue weighted by molar-refractivity contribution is 6.30. The maximum atomic E-state index is 10.7. The Balaban J connectivity index is 2.48. The molecule has 0 aliphatic carbocycles. The summed E-state index contributed by atoms with van der Waals surface area (Å²) in [4.78, 5) is 10.7. The SMILES string of the molecule is COc1ccc(Cl)cc1-c1ccc(C(=O)O)nn1. The monoisotopic (exact) mass is 264 g/mol. The van der Waals surface area contributed by atoms with E-state index in [4.69, 9.17) is 21.4 Å². The van der Waals surface area contributed by atoms with Crippen LogP contribution in [0.5, 0.6) is 5.75 Å². The van der Waals surface area contributed by atoms with Crippen molar-refractivity contribution in [3.8, 4) is 17.0 Å². The number of aromatic nitrogens is 2. The molecule has 1 aromatic carbocycles. The van der Waals surface area contributed by atoms with Crippen molar-refractivity contribution in [3.05, 3.63) is 41.0 Å². The zero-order valence-electron chi connectivity index (χ0n) is 9.42. The third-order valence-corrected chi connectivity index (χ3v) is 2.56. The van der Waals surface area contributed by atoms with Crippen molar-refractivity contribution < 1.29 is 14.6 Å². The highest BCUT2D eigenvalue weighted by Gasteiger charge is 2.10. The van der Waals surface area contributed by atoms with Gasteiger partial charge in [-0.05, 0) is 30.3 Å². The first kappa shape index (κ1) is 12.3. The van der Waals surface area contributed by atoms with Crippen LogP contribution in [0.3, 0.4) is 0 Å². The fraction of sp³-hybridized carbons (Fsp3) is 0.0833. The summed E-state index contributed by atoms with van der Waals surface area (Å²) in [6, 6.07) is 8.04. The Bertz CT molecular complexity index is 584. The van der Waals surface area contributed by atoms with E-state index in [1.165, 1.54) is 13.2 Å². The van der Waals surface area contributed by atoms with E-state index in [1.54, 1.807) is 24.3 Å². The van der Waals surface area contributed by atoms with Crippen LogP contribution in [0, 0.1) is 0 Å². The topological polar surface area (TPSA) is 72.3 Å². The number of ether oxygens (including phenoxy) is 1. The van der Waals surface area contributed by atoms with Crippen molar-refractivity contribution in [2.45, 2.75) is 0 Å². The number of hydrogen-bond acceptors (Lipinski definition) is 4. The van der Waals surface area contributed by atoms with Gasteiger partial charge < -0.3 is 9.84 Å². The molecule has 2 rings (SSSR count). The molecule has 0 atom stereocenters. The van der Waals surface area contributed by atoms with E-state index in [0.717, 1.165) is 0 Å². The maximum Gasteiger partial charge on any atom is 0.356 e. The van der Waals surface area contributed by atoms with Crippen LogP contribution in [0.25, 0.3) is 11.3 Å². The Labute approximate surface area is 108 Å². The number of aromatic carboxylic acids is 1. The summed E-state index contributed by atoms with van der Waals surface area (Å²) in [6.45, 7) is 0. The van der Waals surface area contributed by atoms with Crippen LogP contribution in [-0.4, -0.2) is 28.4 Å². The van der Waals surface area contributed by atoms with Gasteiger partial charge in [0.2, 0.25) is 0 Å². The predicted octanol–water partition coefficient (Wildman–Crippen LogP) is 2.50. The Morgan fingerprint density at radius 3 is 2.61 bits per heavy atom. The summed E-state index contributed by atoms with van der Waals surface area (Å²) in [5, 5.41) is 16.7. The first-order valence-corrected chi connectivity index (χ1v) is 5.40. The van der Waals surface area contributed by atoms with E-state index < -0.39 is 5.97 Å². The van der Waals surface area contributed by atoms with E-state index in [9.17, 15) is 4.79 Å². The number of benzene rings is 1. The molecule has 1 N–H and O–H groups in total. The molecule has 0 amide bonds. The first-order valence-electron chi connectivity index (χ1n) is 5.03. The van der Waals surface area contributed by atoms with E-state index in [2.05, 4.69) is 10.2 Å². The molecule has 2 aromatic rings. The molecular weight excluding hydrogens is 256 g/mol. The molecule has 18 heavy (non-hydrogen) atoms. The molecule has 5 nitrogen and oxygen atoms in total.